The molecule has 2 fully saturated rings. The first-order chi connectivity index (χ1) is 10.9. The summed E-state index contributed by atoms with van der Waals surface area (Å²) in [5, 5.41) is 3.74. The summed E-state index contributed by atoms with van der Waals surface area (Å²) in [6.45, 7) is 9.79. The van der Waals surface area contributed by atoms with Crippen molar-refractivity contribution in [3.63, 3.8) is 0 Å². The molecule has 2 heterocycles. The van der Waals surface area contributed by atoms with Crippen molar-refractivity contribution >= 4 is 0 Å². The van der Waals surface area contributed by atoms with Gasteiger partial charge in [-0.05, 0) is 31.5 Å². The third kappa shape index (κ3) is 5.06. The Morgan fingerprint density at radius 1 is 0.955 bits per heavy atom. The van der Waals surface area contributed by atoms with Gasteiger partial charge in [0.05, 0.1) is 13.2 Å². The molecule has 22 heavy (non-hydrogen) atoms. The van der Waals surface area contributed by atoms with E-state index >= 15 is 0 Å². The fourth-order valence-corrected chi connectivity index (χ4v) is 3.39. The molecule has 1 aromatic carbocycles. The zero-order valence-electron chi connectivity index (χ0n) is 13.5. The largest absolute Gasteiger partial charge is 0.379 e. The number of nitrogens with one attached hydrogen (secondary N) is 1. The molecule has 4 nitrogen and oxygen atoms in total. The van der Waals surface area contributed by atoms with Crippen molar-refractivity contribution in [2.24, 2.45) is 0 Å². The Morgan fingerprint density at radius 3 is 2.41 bits per heavy atom. The fourth-order valence-electron chi connectivity index (χ4n) is 3.39. The van der Waals surface area contributed by atoms with E-state index in [1.807, 2.05) is 0 Å². The van der Waals surface area contributed by atoms with Crippen molar-refractivity contribution in [1.29, 1.82) is 0 Å². The number of ether oxygens (including phenoxy) is 1. The van der Waals surface area contributed by atoms with Crippen LogP contribution in [0.1, 0.15) is 18.4 Å². The van der Waals surface area contributed by atoms with Crippen LogP contribution in [-0.4, -0.2) is 68.3 Å². The number of benzene rings is 1. The van der Waals surface area contributed by atoms with Crippen molar-refractivity contribution in [2.75, 3.05) is 52.5 Å². The van der Waals surface area contributed by atoms with Crippen LogP contribution in [-0.2, 0) is 11.3 Å². The van der Waals surface area contributed by atoms with Crippen molar-refractivity contribution in [1.82, 2.24) is 15.1 Å². The maximum absolute atomic E-state index is 5.39. The number of hydrogen-bond acceptors (Lipinski definition) is 4. The predicted molar refractivity (Wildman–Crippen MR) is 90.0 cm³/mol. The minimum Gasteiger partial charge on any atom is -0.379 e. The molecular weight excluding hydrogens is 274 g/mol. The second-order valence-electron chi connectivity index (χ2n) is 6.44. The van der Waals surface area contributed by atoms with E-state index in [-0.39, 0.29) is 0 Å². The standard InChI is InChI=1S/C18H29N3O/c1-2-4-17(5-3-1)16-21-9-6-18(7-10-21)19-8-11-20-12-14-22-15-13-20/h1-5,18-19H,6-16H2. The van der Waals surface area contributed by atoms with Crippen LogP contribution in [0.15, 0.2) is 30.3 Å². The smallest absolute Gasteiger partial charge is 0.0594 e. The molecule has 0 amide bonds. The summed E-state index contributed by atoms with van der Waals surface area (Å²) in [6, 6.07) is 11.5. The quantitative estimate of drug-likeness (QED) is 0.863. The first-order valence-corrected chi connectivity index (χ1v) is 8.70. The van der Waals surface area contributed by atoms with E-state index in [9.17, 15) is 0 Å². The Labute approximate surface area is 134 Å². The third-order valence-electron chi connectivity index (χ3n) is 4.80. The SMILES string of the molecule is c1ccc(CN2CCC(NCCN3CCOCC3)CC2)cc1. The zero-order valence-corrected chi connectivity index (χ0v) is 13.5. The van der Waals surface area contributed by atoms with Gasteiger partial charge in [-0.1, -0.05) is 30.3 Å². The lowest BCUT2D eigenvalue weighted by Crippen LogP contribution is -2.46. The van der Waals surface area contributed by atoms with Gasteiger partial charge in [0, 0.05) is 38.8 Å². The number of piperidine rings is 1. The van der Waals surface area contributed by atoms with Gasteiger partial charge < -0.3 is 10.1 Å². The molecule has 0 aliphatic carbocycles. The van der Waals surface area contributed by atoms with Crippen LogP contribution in [0, 0.1) is 0 Å². The highest BCUT2D eigenvalue weighted by molar-refractivity contribution is 5.14. The maximum Gasteiger partial charge on any atom is 0.0594 e. The van der Waals surface area contributed by atoms with E-state index in [0.717, 1.165) is 45.9 Å². The summed E-state index contributed by atoms with van der Waals surface area (Å²) in [5.74, 6) is 0. The van der Waals surface area contributed by atoms with Crippen molar-refractivity contribution in [3.05, 3.63) is 35.9 Å². The molecule has 4 heteroatoms. The Kier molecular flexibility index (Phi) is 6.25. The van der Waals surface area contributed by atoms with Crippen LogP contribution >= 0.6 is 0 Å². The molecule has 0 radical (unpaired) electrons. The summed E-state index contributed by atoms with van der Waals surface area (Å²) in [7, 11) is 0. The van der Waals surface area contributed by atoms with Gasteiger partial charge in [-0.25, -0.2) is 0 Å². The Bertz CT molecular complexity index is 412. The average molecular weight is 303 g/mol. The molecule has 0 saturated carbocycles. The maximum atomic E-state index is 5.39. The van der Waals surface area contributed by atoms with Crippen LogP contribution < -0.4 is 5.32 Å². The Balaban J connectivity index is 1.30. The first-order valence-electron chi connectivity index (χ1n) is 8.70. The summed E-state index contributed by atoms with van der Waals surface area (Å²) < 4.78 is 5.39. The van der Waals surface area contributed by atoms with Gasteiger partial charge in [0.15, 0.2) is 0 Å². The monoisotopic (exact) mass is 303 g/mol. The van der Waals surface area contributed by atoms with Gasteiger partial charge >= 0.3 is 0 Å². The lowest BCUT2D eigenvalue weighted by atomic mass is 10.0. The van der Waals surface area contributed by atoms with E-state index < -0.39 is 0 Å². The van der Waals surface area contributed by atoms with E-state index in [4.69, 9.17) is 4.74 Å². The van der Waals surface area contributed by atoms with Gasteiger partial charge in [-0.2, -0.15) is 0 Å². The molecule has 0 spiro atoms. The molecule has 1 aromatic rings. The van der Waals surface area contributed by atoms with Crippen molar-refractivity contribution in [2.45, 2.75) is 25.4 Å². The minimum absolute atomic E-state index is 0.702. The molecule has 1 N–H and O–H groups in total. The highest BCUT2D eigenvalue weighted by Crippen LogP contribution is 2.13. The lowest BCUT2D eigenvalue weighted by Gasteiger charge is -2.33. The van der Waals surface area contributed by atoms with Crippen LogP contribution in [0.4, 0.5) is 0 Å². The van der Waals surface area contributed by atoms with Gasteiger partial charge in [0.2, 0.25) is 0 Å². The highest BCUT2D eigenvalue weighted by atomic mass is 16.5. The molecular formula is C18H29N3O. The second kappa shape index (κ2) is 8.63. The summed E-state index contributed by atoms with van der Waals surface area (Å²) in [5.41, 5.74) is 1.43. The molecule has 2 aliphatic rings. The topological polar surface area (TPSA) is 27.7 Å². The molecule has 2 aliphatic heterocycles. The summed E-state index contributed by atoms with van der Waals surface area (Å²) in [6.07, 6.45) is 2.55. The molecule has 0 bridgehead atoms. The van der Waals surface area contributed by atoms with Gasteiger partial charge in [0.1, 0.15) is 0 Å². The lowest BCUT2D eigenvalue weighted by molar-refractivity contribution is 0.0378. The summed E-state index contributed by atoms with van der Waals surface area (Å²) in [4.78, 5) is 5.08. The summed E-state index contributed by atoms with van der Waals surface area (Å²) >= 11 is 0. The first kappa shape index (κ1) is 15.9. The van der Waals surface area contributed by atoms with Crippen molar-refractivity contribution in [3.8, 4) is 0 Å². The number of hydrogen-bond donors (Lipinski definition) is 1. The van der Waals surface area contributed by atoms with E-state index in [1.165, 1.54) is 31.5 Å². The van der Waals surface area contributed by atoms with E-state index in [0.29, 0.717) is 6.04 Å². The molecule has 0 aromatic heterocycles. The van der Waals surface area contributed by atoms with Crippen LogP contribution in [0.25, 0.3) is 0 Å². The Morgan fingerprint density at radius 2 is 1.68 bits per heavy atom. The normalized spacial score (nSPS) is 22.0. The van der Waals surface area contributed by atoms with Gasteiger partial charge in [-0.15, -0.1) is 0 Å². The molecule has 3 rings (SSSR count). The molecule has 0 atom stereocenters. The van der Waals surface area contributed by atoms with E-state index in [2.05, 4.69) is 45.4 Å². The predicted octanol–water partition coefficient (Wildman–Crippen LogP) is 1.57. The average Bonchev–Trinajstić information content (AvgIpc) is 2.58. The van der Waals surface area contributed by atoms with Crippen LogP contribution in [0.3, 0.4) is 0 Å². The fraction of sp³-hybridized carbons (Fsp3) is 0.667. The molecule has 122 valence electrons. The van der Waals surface area contributed by atoms with Crippen LogP contribution in [0.5, 0.6) is 0 Å². The van der Waals surface area contributed by atoms with Crippen LogP contribution in [0.2, 0.25) is 0 Å². The number of likely N-dealkylation sites (tertiary alicyclic amines) is 1. The third-order valence-corrected chi connectivity index (χ3v) is 4.80. The zero-order chi connectivity index (χ0) is 15.0. The molecule has 0 unspecified atom stereocenters. The number of nitrogens with zero attached hydrogens (tertiary/aromatic N) is 2. The van der Waals surface area contributed by atoms with Gasteiger partial charge in [0.25, 0.3) is 0 Å². The highest BCUT2D eigenvalue weighted by Gasteiger charge is 2.19. The molecule has 2 saturated heterocycles. The van der Waals surface area contributed by atoms with Crippen molar-refractivity contribution < 1.29 is 4.74 Å². The minimum atomic E-state index is 0.702. The number of morpholine rings is 1. The Hall–Kier alpha value is -0.940. The second-order valence-corrected chi connectivity index (χ2v) is 6.44. The van der Waals surface area contributed by atoms with Gasteiger partial charge in [-0.3, -0.25) is 9.80 Å². The number of rotatable bonds is 6. The van der Waals surface area contributed by atoms with E-state index in [1.54, 1.807) is 0 Å².